The van der Waals surface area contributed by atoms with Gasteiger partial charge in [-0.1, -0.05) is 24.3 Å². The van der Waals surface area contributed by atoms with Crippen molar-refractivity contribution in [3.63, 3.8) is 0 Å². The molecule has 14 N–H and O–H groups in total. The standard InChI is InChI=1S/2C7H6N2.2C7H5NO4.Mn.4H2O/c2*1-2-4-7-6(3-1)8-5-9-7;2*9-6(10)4-1-2-8-5(3-4)7(11)12;;;;;/h2*1-5H,(H,8,9);2*1-3H,(H,9,10)(H,11,12);;4*1H2/q;;;;+2;;;;. The molecule has 249 valence electrons. The van der Waals surface area contributed by atoms with Gasteiger partial charge in [0.25, 0.3) is 0 Å². The zero-order valence-electron chi connectivity index (χ0n) is 23.9. The zero-order valence-corrected chi connectivity index (χ0v) is 25.1. The van der Waals surface area contributed by atoms with Gasteiger partial charge in [-0.05, 0) is 48.5 Å². The van der Waals surface area contributed by atoms with Crippen molar-refractivity contribution in [2.45, 2.75) is 0 Å². The van der Waals surface area contributed by atoms with Crippen LogP contribution in [0.25, 0.3) is 22.1 Å². The van der Waals surface area contributed by atoms with E-state index in [1.807, 2.05) is 61.2 Å². The molecule has 0 aliphatic rings. The molecule has 0 saturated carbocycles. The predicted molar refractivity (Wildman–Crippen MR) is 152 cm³/mol. The quantitative estimate of drug-likeness (QED) is 0.130. The van der Waals surface area contributed by atoms with Crippen molar-refractivity contribution in [1.82, 2.24) is 19.9 Å². The van der Waals surface area contributed by atoms with Crippen LogP contribution in [0.5, 0.6) is 0 Å². The summed E-state index contributed by atoms with van der Waals surface area (Å²) >= 11 is 0. The number of benzene rings is 2. The van der Waals surface area contributed by atoms with Crippen molar-refractivity contribution in [3.8, 4) is 0 Å². The Morgan fingerprint density at radius 1 is 0.553 bits per heavy atom. The molecule has 1 radical (unpaired) electrons. The Morgan fingerprint density at radius 3 is 1.19 bits per heavy atom. The number of hydrogen-bond donors (Lipinski definition) is 2. The van der Waals surface area contributed by atoms with E-state index in [-0.39, 0.29) is 50.1 Å². The number of fused-ring (bicyclic) bond motifs is 2. The molecule has 0 unspecified atom stereocenters. The maximum atomic E-state index is 10.2. The van der Waals surface area contributed by atoms with Crippen LogP contribution in [0.4, 0.5) is 0 Å². The molecule has 6 rings (SSSR count). The minimum absolute atomic E-state index is 0. The summed E-state index contributed by atoms with van der Waals surface area (Å²) in [5.41, 5.74) is 3.30. The third-order valence-electron chi connectivity index (χ3n) is 5.17. The molecule has 4 aromatic heterocycles. The first kappa shape index (κ1) is 45.3. The molecule has 0 fully saturated rings. The van der Waals surface area contributed by atoms with E-state index in [0.29, 0.717) is 0 Å². The smallest absolute Gasteiger partial charge is 0.545 e. The summed E-state index contributed by atoms with van der Waals surface area (Å²) in [6.45, 7) is 0. The molecule has 0 aliphatic heterocycles. The fourth-order valence-corrected chi connectivity index (χ4v) is 3.19. The minimum atomic E-state index is -1.52. The number of aromatic carboxylic acids is 4. The van der Waals surface area contributed by atoms with Gasteiger partial charge in [-0.15, -0.1) is 0 Å². The van der Waals surface area contributed by atoms with Crippen molar-refractivity contribution in [3.05, 3.63) is 120 Å². The van der Waals surface area contributed by atoms with Gasteiger partial charge in [0.1, 0.15) is 0 Å². The first-order chi connectivity index (χ1) is 20.2. The topological polar surface area (TPSA) is 375 Å². The number of nitrogens with zero attached hydrogens (tertiary/aromatic N) is 2. The fraction of sp³-hybridized carbons (Fsp3) is 0. The van der Waals surface area contributed by atoms with E-state index in [0.717, 1.165) is 58.7 Å². The molecule has 0 atom stereocenters. The number of aromatic amines is 4. The van der Waals surface area contributed by atoms with E-state index in [1.54, 1.807) is 0 Å². The molecule has 18 nitrogen and oxygen atoms in total. The van der Waals surface area contributed by atoms with E-state index < -0.39 is 35.3 Å². The SMILES string of the molecule is O.O.O=C([O-])c1ccnc(C(=O)[O-])c1.O=C([O-])c1ccnc(C(=O)[O-])c1.[Mn+2].[OH3+].[OH3+].c1ccc2[nH+]c[nH]c2c1.c1ccc2[nH+]c[nH]c2c1. The molecule has 4 heterocycles. The summed E-state index contributed by atoms with van der Waals surface area (Å²) in [5, 5.41) is 40.8. The fourth-order valence-electron chi connectivity index (χ4n) is 3.19. The largest absolute Gasteiger partial charge is 2.00 e. The first-order valence-electron chi connectivity index (χ1n) is 11.8. The van der Waals surface area contributed by atoms with Gasteiger partial charge in [-0.2, -0.15) is 0 Å². The van der Waals surface area contributed by atoms with Crippen LogP contribution in [0.2, 0.25) is 0 Å². The second kappa shape index (κ2) is 22.4. The van der Waals surface area contributed by atoms with E-state index in [4.69, 9.17) is 0 Å². The third kappa shape index (κ3) is 14.0. The number of carbonyl (C=O) groups excluding carboxylic acids is 4. The number of para-hydroxylation sites is 4. The van der Waals surface area contributed by atoms with Crippen LogP contribution >= 0.6 is 0 Å². The summed E-state index contributed by atoms with van der Waals surface area (Å²) in [6, 6.07) is 20.2. The second-order valence-electron chi connectivity index (χ2n) is 7.97. The van der Waals surface area contributed by atoms with Crippen LogP contribution in [0, 0.1) is 0 Å². The van der Waals surface area contributed by atoms with Crippen molar-refractivity contribution in [1.29, 1.82) is 0 Å². The second-order valence-corrected chi connectivity index (χ2v) is 7.97. The Balaban J connectivity index is -0.000000533. The number of carboxylic acid groups (broad SMARTS) is 4. The number of carboxylic acids is 4. The molecular formula is C28H30MnN6O12+2. The molecule has 47 heavy (non-hydrogen) atoms. The minimum Gasteiger partial charge on any atom is -0.545 e. The Morgan fingerprint density at radius 2 is 0.894 bits per heavy atom. The number of pyridine rings is 2. The third-order valence-corrected chi connectivity index (χ3v) is 5.17. The van der Waals surface area contributed by atoms with Gasteiger partial charge in [-0.3, -0.25) is 9.97 Å². The Labute approximate surface area is 274 Å². The van der Waals surface area contributed by atoms with Gasteiger partial charge in [0.15, 0.2) is 22.1 Å². The van der Waals surface area contributed by atoms with E-state index in [9.17, 15) is 39.6 Å². The molecule has 2 aromatic carbocycles. The maximum Gasteiger partial charge on any atom is 2.00 e. The van der Waals surface area contributed by atoms with Crippen molar-refractivity contribution in [2.24, 2.45) is 0 Å². The number of H-pyrrole nitrogens is 4. The van der Waals surface area contributed by atoms with Gasteiger partial charge in [0.05, 0.1) is 35.3 Å². The molecular weight excluding hydrogens is 667 g/mol. The summed E-state index contributed by atoms with van der Waals surface area (Å²) in [6.07, 6.45) is 5.78. The van der Waals surface area contributed by atoms with Crippen LogP contribution in [-0.2, 0) is 28.0 Å². The maximum absolute atomic E-state index is 10.2. The summed E-state index contributed by atoms with van der Waals surface area (Å²) in [4.78, 5) is 59.8. The Hall–Kier alpha value is -6.08. The monoisotopic (exact) mass is 697 g/mol. The number of carbonyl (C=O) groups is 4. The first-order valence-corrected chi connectivity index (χ1v) is 11.8. The van der Waals surface area contributed by atoms with Crippen molar-refractivity contribution >= 4 is 45.9 Å². The number of hydrogen-bond acceptors (Lipinski definition) is 10. The summed E-state index contributed by atoms with van der Waals surface area (Å²) < 4.78 is 0. The van der Waals surface area contributed by atoms with E-state index in [2.05, 4.69) is 29.9 Å². The average Bonchev–Trinajstić information content (AvgIpc) is 3.68. The van der Waals surface area contributed by atoms with Gasteiger partial charge >= 0.3 is 17.1 Å². The average molecular weight is 698 g/mol. The van der Waals surface area contributed by atoms with Crippen LogP contribution in [0.1, 0.15) is 41.7 Å². The van der Waals surface area contributed by atoms with Gasteiger partial charge in [0, 0.05) is 23.5 Å². The zero-order chi connectivity index (χ0) is 30.5. The summed E-state index contributed by atoms with van der Waals surface area (Å²) in [7, 11) is 0. The molecule has 6 aromatic rings. The van der Waals surface area contributed by atoms with Crippen LogP contribution in [0.15, 0.2) is 97.8 Å². The molecule has 0 amide bonds. The van der Waals surface area contributed by atoms with Gasteiger partial charge in [-0.25, -0.2) is 19.9 Å². The van der Waals surface area contributed by atoms with Crippen molar-refractivity contribution in [2.75, 3.05) is 0 Å². The number of rotatable bonds is 4. The molecule has 0 saturated heterocycles. The molecule has 0 aliphatic carbocycles. The van der Waals surface area contributed by atoms with E-state index in [1.165, 1.54) is 0 Å². The molecule has 0 bridgehead atoms. The molecule has 0 spiro atoms. The van der Waals surface area contributed by atoms with Crippen molar-refractivity contribution < 1.29 is 88.5 Å². The predicted octanol–water partition coefficient (Wildman–Crippen LogP) is -5.91. The van der Waals surface area contributed by atoms with Crippen LogP contribution in [0.3, 0.4) is 0 Å². The normalized spacial score (nSPS) is 8.68. The number of imidazole rings is 2. The number of aromatic nitrogens is 6. The number of nitrogens with one attached hydrogen (secondary N) is 4. The molecule has 19 heteroatoms. The van der Waals surface area contributed by atoms with Crippen LogP contribution in [-0.4, -0.2) is 54.8 Å². The van der Waals surface area contributed by atoms with Crippen LogP contribution < -0.4 is 30.4 Å². The Bertz CT molecular complexity index is 1600. The van der Waals surface area contributed by atoms with Gasteiger partial charge in [0.2, 0.25) is 12.7 Å². The summed E-state index contributed by atoms with van der Waals surface area (Å²) in [5.74, 6) is -5.92. The van der Waals surface area contributed by atoms with Gasteiger partial charge < -0.3 is 61.5 Å². The van der Waals surface area contributed by atoms with E-state index >= 15 is 0 Å². The Kier molecular flexibility index (Phi) is 21.6.